The minimum atomic E-state index is -1.03. The number of unbranched alkanes of at least 4 members (excludes halogenated alkanes) is 10. The van der Waals surface area contributed by atoms with Crippen molar-refractivity contribution >= 4 is 11.9 Å². The molecule has 164 valence electrons. The van der Waals surface area contributed by atoms with Crippen LogP contribution in [0.1, 0.15) is 124 Å². The molecule has 0 saturated carbocycles. The zero-order valence-corrected chi connectivity index (χ0v) is 18.5. The van der Waals surface area contributed by atoms with E-state index in [-0.39, 0.29) is 11.7 Å². The molecule has 0 radical (unpaired) electrons. The van der Waals surface area contributed by atoms with E-state index in [1.165, 1.54) is 63.5 Å². The van der Waals surface area contributed by atoms with E-state index in [2.05, 4.69) is 13.8 Å². The van der Waals surface area contributed by atoms with Gasteiger partial charge in [-0.1, -0.05) is 84.1 Å². The van der Waals surface area contributed by atoms with Crippen LogP contribution in [0.15, 0.2) is 24.3 Å². The van der Waals surface area contributed by atoms with Crippen LogP contribution in [0.3, 0.4) is 0 Å². The van der Waals surface area contributed by atoms with Crippen LogP contribution in [-0.2, 0) is 4.74 Å². The third kappa shape index (κ3) is 11.7. The molecule has 29 heavy (non-hydrogen) atoms. The van der Waals surface area contributed by atoms with Gasteiger partial charge in [-0.25, -0.2) is 9.59 Å². The van der Waals surface area contributed by atoms with Crippen LogP contribution in [0.2, 0.25) is 0 Å². The van der Waals surface area contributed by atoms with Crippen molar-refractivity contribution in [1.29, 1.82) is 0 Å². The lowest BCUT2D eigenvalue weighted by molar-refractivity contribution is 0.0249. The number of benzene rings is 1. The minimum Gasteiger partial charge on any atom is -0.478 e. The molecule has 1 rings (SSSR count). The predicted molar refractivity (Wildman–Crippen MR) is 119 cm³/mol. The molecule has 4 heteroatoms. The lowest BCUT2D eigenvalue weighted by Gasteiger charge is -2.18. The zero-order valence-electron chi connectivity index (χ0n) is 18.5. The van der Waals surface area contributed by atoms with E-state index in [4.69, 9.17) is 9.84 Å². The molecule has 0 heterocycles. The molecular weight excluding hydrogens is 364 g/mol. The van der Waals surface area contributed by atoms with Crippen molar-refractivity contribution in [1.82, 2.24) is 0 Å². The van der Waals surface area contributed by atoms with Gasteiger partial charge in [0, 0.05) is 0 Å². The summed E-state index contributed by atoms with van der Waals surface area (Å²) in [7, 11) is 0. The molecule has 1 aromatic carbocycles. The number of rotatable bonds is 17. The first-order valence-electron chi connectivity index (χ1n) is 11.6. The van der Waals surface area contributed by atoms with Crippen LogP contribution in [-0.4, -0.2) is 23.1 Å². The lowest BCUT2D eigenvalue weighted by Crippen LogP contribution is -2.19. The van der Waals surface area contributed by atoms with Crippen LogP contribution in [0.5, 0.6) is 0 Å². The van der Waals surface area contributed by atoms with E-state index in [0.717, 1.165) is 38.5 Å². The van der Waals surface area contributed by atoms with E-state index >= 15 is 0 Å². The van der Waals surface area contributed by atoms with Crippen molar-refractivity contribution in [3.05, 3.63) is 35.4 Å². The molecule has 1 aromatic rings. The van der Waals surface area contributed by atoms with Gasteiger partial charge in [0.05, 0.1) is 11.1 Å². The fraction of sp³-hybridized carbons (Fsp3) is 0.680. The van der Waals surface area contributed by atoms with Crippen LogP contribution in [0.4, 0.5) is 0 Å². The second-order valence-electron chi connectivity index (χ2n) is 8.03. The maximum Gasteiger partial charge on any atom is 0.338 e. The molecule has 0 aliphatic heterocycles. The smallest absolute Gasteiger partial charge is 0.338 e. The highest BCUT2D eigenvalue weighted by atomic mass is 16.5. The number of carbonyl (C=O) groups excluding carboxylic acids is 1. The Morgan fingerprint density at radius 2 is 1.28 bits per heavy atom. The Morgan fingerprint density at radius 3 is 1.86 bits per heavy atom. The Kier molecular flexibility index (Phi) is 13.9. The van der Waals surface area contributed by atoms with Gasteiger partial charge in [0.15, 0.2) is 0 Å². The zero-order chi connectivity index (χ0) is 21.3. The summed E-state index contributed by atoms with van der Waals surface area (Å²) in [6.45, 7) is 4.41. The summed E-state index contributed by atoms with van der Waals surface area (Å²) in [4.78, 5) is 23.6. The SMILES string of the molecule is CCCCCCCCCCCC(CCCCC)OC(=O)c1cccc(C(=O)O)c1. The van der Waals surface area contributed by atoms with Crippen molar-refractivity contribution in [2.75, 3.05) is 0 Å². The van der Waals surface area contributed by atoms with Crippen molar-refractivity contribution < 1.29 is 19.4 Å². The second-order valence-corrected chi connectivity index (χ2v) is 8.03. The second kappa shape index (κ2) is 16.0. The fourth-order valence-corrected chi connectivity index (χ4v) is 3.57. The van der Waals surface area contributed by atoms with Gasteiger partial charge in [0.1, 0.15) is 6.10 Å². The normalized spacial score (nSPS) is 11.9. The summed E-state index contributed by atoms with van der Waals surface area (Å²) in [5.74, 6) is -1.45. The van der Waals surface area contributed by atoms with E-state index in [1.54, 1.807) is 12.1 Å². The number of hydrogen-bond acceptors (Lipinski definition) is 3. The number of carbonyl (C=O) groups is 2. The quantitative estimate of drug-likeness (QED) is 0.217. The van der Waals surface area contributed by atoms with Crippen molar-refractivity contribution in [2.45, 2.75) is 110 Å². The maximum atomic E-state index is 12.5. The van der Waals surface area contributed by atoms with Crippen molar-refractivity contribution in [3.8, 4) is 0 Å². The summed E-state index contributed by atoms with van der Waals surface area (Å²) < 4.78 is 5.76. The molecule has 4 nitrogen and oxygen atoms in total. The van der Waals surface area contributed by atoms with Crippen LogP contribution in [0, 0.1) is 0 Å². The summed E-state index contributed by atoms with van der Waals surface area (Å²) in [5, 5.41) is 9.11. The van der Waals surface area contributed by atoms with E-state index in [0.29, 0.717) is 5.56 Å². The third-order valence-corrected chi connectivity index (χ3v) is 5.38. The van der Waals surface area contributed by atoms with Gasteiger partial charge >= 0.3 is 11.9 Å². The summed E-state index contributed by atoms with van der Waals surface area (Å²) in [6.07, 6.45) is 16.5. The van der Waals surface area contributed by atoms with Gasteiger partial charge in [-0.3, -0.25) is 0 Å². The molecule has 0 aromatic heterocycles. The summed E-state index contributed by atoms with van der Waals surface area (Å²) in [6, 6.07) is 6.09. The van der Waals surface area contributed by atoms with Gasteiger partial charge in [-0.05, 0) is 43.9 Å². The summed E-state index contributed by atoms with van der Waals surface area (Å²) in [5.41, 5.74) is 0.429. The van der Waals surface area contributed by atoms with Crippen molar-refractivity contribution in [3.63, 3.8) is 0 Å². The van der Waals surface area contributed by atoms with Crippen LogP contribution in [0.25, 0.3) is 0 Å². The highest BCUT2D eigenvalue weighted by Gasteiger charge is 2.17. The number of ether oxygens (including phenoxy) is 1. The van der Waals surface area contributed by atoms with Crippen molar-refractivity contribution in [2.24, 2.45) is 0 Å². The molecule has 1 N–H and O–H groups in total. The molecule has 0 aliphatic rings. The number of carboxylic acids is 1. The first-order valence-corrected chi connectivity index (χ1v) is 11.6. The van der Waals surface area contributed by atoms with Crippen LogP contribution < -0.4 is 0 Å². The van der Waals surface area contributed by atoms with E-state index in [9.17, 15) is 9.59 Å². The third-order valence-electron chi connectivity index (χ3n) is 5.38. The average Bonchev–Trinajstić information content (AvgIpc) is 2.72. The largest absolute Gasteiger partial charge is 0.478 e. The number of carboxylic acid groups (broad SMARTS) is 1. The Bertz CT molecular complexity index is 582. The van der Waals surface area contributed by atoms with Gasteiger partial charge < -0.3 is 9.84 Å². The summed E-state index contributed by atoms with van der Waals surface area (Å²) >= 11 is 0. The maximum absolute atomic E-state index is 12.5. The number of aromatic carboxylic acids is 1. The topological polar surface area (TPSA) is 63.6 Å². The standard InChI is InChI=1S/C25H40O4/c1-3-5-7-8-9-10-11-12-14-19-23(18-13-6-4-2)29-25(28)22-17-15-16-21(20-22)24(26)27/h15-17,20,23H,3-14,18-19H2,1-2H3,(H,26,27). The Balaban J connectivity index is 2.41. The first-order chi connectivity index (χ1) is 14.1. The number of esters is 1. The average molecular weight is 405 g/mol. The molecule has 0 amide bonds. The van der Waals surface area contributed by atoms with Gasteiger partial charge in [0.2, 0.25) is 0 Å². The van der Waals surface area contributed by atoms with E-state index in [1.807, 2.05) is 0 Å². The predicted octanol–water partition coefficient (Wildman–Crippen LogP) is 7.41. The first kappa shape index (κ1) is 25.2. The molecule has 0 bridgehead atoms. The molecule has 1 unspecified atom stereocenters. The molecule has 0 aliphatic carbocycles. The minimum absolute atomic E-state index is 0.0768. The Labute approximate surface area is 177 Å². The van der Waals surface area contributed by atoms with Gasteiger partial charge in [-0.15, -0.1) is 0 Å². The monoisotopic (exact) mass is 404 g/mol. The van der Waals surface area contributed by atoms with Gasteiger partial charge in [0.25, 0.3) is 0 Å². The van der Waals surface area contributed by atoms with E-state index < -0.39 is 11.9 Å². The van der Waals surface area contributed by atoms with Gasteiger partial charge in [-0.2, -0.15) is 0 Å². The molecule has 0 fully saturated rings. The Hall–Kier alpha value is -1.84. The molecular formula is C25H40O4. The molecule has 1 atom stereocenters. The Morgan fingerprint density at radius 1 is 0.793 bits per heavy atom. The van der Waals surface area contributed by atoms with Crippen LogP contribution >= 0.6 is 0 Å². The highest BCUT2D eigenvalue weighted by molar-refractivity contribution is 5.94. The molecule has 0 saturated heterocycles. The fourth-order valence-electron chi connectivity index (χ4n) is 3.57. The number of hydrogen-bond donors (Lipinski definition) is 1. The molecule has 0 spiro atoms. The highest BCUT2D eigenvalue weighted by Crippen LogP contribution is 2.18. The lowest BCUT2D eigenvalue weighted by atomic mass is 10.0.